The summed E-state index contributed by atoms with van der Waals surface area (Å²) >= 11 is 1.45. The maximum Gasteiger partial charge on any atom is 0.168 e. The highest BCUT2D eigenvalue weighted by atomic mass is 32.1. The number of benzene rings is 1. The van der Waals surface area contributed by atoms with Gasteiger partial charge >= 0.3 is 0 Å². The third kappa shape index (κ3) is 1.78. The van der Waals surface area contributed by atoms with Crippen LogP contribution in [-0.2, 0) is 6.42 Å². The van der Waals surface area contributed by atoms with Crippen molar-refractivity contribution in [2.24, 2.45) is 5.92 Å². The average Bonchev–Trinajstić information content (AvgIpc) is 2.81. The quantitative estimate of drug-likeness (QED) is 0.721. The minimum Gasteiger partial charge on any atom is -0.390 e. The molecule has 0 saturated heterocycles. The molecular formula is C15H14FNOS. The Kier molecular flexibility index (Phi) is 2.71. The molecule has 2 nitrogen and oxygen atoms in total. The molecule has 0 unspecified atom stereocenters. The van der Waals surface area contributed by atoms with Crippen LogP contribution in [0, 0.1) is 11.7 Å². The Balaban J connectivity index is 2.22. The molecule has 19 heavy (non-hydrogen) atoms. The van der Waals surface area contributed by atoms with Gasteiger partial charge in [-0.1, -0.05) is 19.9 Å². The van der Waals surface area contributed by atoms with E-state index in [4.69, 9.17) is 5.73 Å². The number of carbonyl (C=O) groups is 1. The van der Waals surface area contributed by atoms with Crippen LogP contribution in [0.4, 0.5) is 9.39 Å². The van der Waals surface area contributed by atoms with Gasteiger partial charge in [0.2, 0.25) is 0 Å². The second-order valence-corrected chi connectivity index (χ2v) is 6.27. The van der Waals surface area contributed by atoms with E-state index in [-0.39, 0.29) is 17.5 Å². The van der Waals surface area contributed by atoms with Gasteiger partial charge in [0.1, 0.15) is 5.82 Å². The summed E-state index contributed by atoms with van der Waals surface area (Å²) < 4.78 is 13.3. The van der Waals surface area contributed by atoms with Crippen LogP contribution in [0.2, 0.25) is 0 Å². The van der Waals surface area contributed by atoms with E-state index in [9.17, 15) is 9.18 Å². The van der Waals surface area contributed by atoms with E-state index in [0.29, 0.717) is 17.0 Å². The summed E-state index contributed by atoms with van der Waals surface area (Å²) in [5, 5.41) is 0.582. The zero-order valence-corrected chi connectivity index (χ0v) is 11.6. The smallest absolute Gasteiger partial charge is 0.168 e. The average molecular weight is 275 g/mol. The zero-order chi connectivity index (χ0) is 13.7. The van der Waals surface area contributed by atoms with Crippen LogP contribution in [0.15, 0.2) is 18.2 Å². The number of carbonyl (C=O) groups excluding carboxylic acids is 1. The van der Waals surface area contributed by atoms with Crippen molar-refractivity contribution in [1.82, 2.24) is 0 Å². The van der Waals surface area contributed by atoms with E-state index in [1.165, 1.54) is 17.4 Å². The molecule has 1 aromatic heterocycles. The molecule has 2 N–H and O–H groups in total. The number of Topliss-reactive ketones (excluding diaryl/α,β-unsaturated/α-hetero) is 1. The van der Waals surface area contributed by atoms with E-state index < -0.39 is 0 Å². The first-order valence-electron chi connectivity index (χ1n) is 6.23. The number of hydrogen-bond acceptors (Lipinski definition) is 3. The molecule has 0 saturated carbocycles. The molecule has 4 heteroatoms. The molecule has 1 aliphatic rings. The van der Waals surface area contributed by atoms with Crippen LogP contribution in [-0.4, -0.2) is 5.78 Å². The maximum absolute atomic E-state index is 13.3. The van der Waals surface area contributed by atoms with E-state index in [1.807, 2.05) is 13.8 Å². The van der Waals surface area contributed by atoms with Crippen LogP contribution >= 0.6 is 11.3 Å². The third-order valence-electron chi connectivity index (χ3n) is 3.47. The van der Waals surface area contributed by atoms with Gasteiger partial charge in [0, 0.05) is 22.8 Å². The Labute approximate surface area is 115 Å². The van der Waals surface area contributed by atoms with Crippen molar-refractivity contribution in [2.45, 2.75) is 20.3 Å². The molecule has 1 aliphatic carbocycles. The molecule has 1 heterocycles. The Bertz CT molecular complexity index is 688. The first kappa shape index (κ1) is 12.4. The lowest BCUT2D eigenvalue weighted by Crippen LogP contribution is -2.09. The topological polar surface area (TPSA) is 43.1 Å². The number of fused-ring (bicyclic) bond motifs is 3. The van der Waals surface area contributed by atoms with Crippen molar-refractivity contribution in [3.8, 4) is 11.1 Å². The fraction of sp³-hybridized carbons (Fsp3) is 0.267. The van der Waals surface area contributed by atoms with Gasteiger partial charge in [0.15, 0.2) is 5.78 Å². The molecule has 2 aromatic rings. The van der Waals surface area contributed by atoms with Crippen molar-refractivity contribution < 1.29 is 9.18 Å². The standard InChI is InChI=1S/C15H14FNOS/c1-7(2)14(18)13-12-10-4-3-9(16)5-8(10)6-11(12)19-15(13)17/h3-5,7H,6,17H2,1-2H3. The van der Waals surface area contributed by atoms with E-state index in [1.54, 1.807) is 12.1 Å². The summed E-state index contributed by atoms with van der Waals surface area (Å²) in [6, 6.07) is 4.73. The summed E-state index contributed by atoms with van der Waals surface area (Å²) in [4.78, 5) is 13.4. The minimum atomic E-state index is -0.237. The van der Waals surface area contributed by atoms with Gasteiger partial charge in [-0.05, 0) is 23.3 Å². The predicted octanol–water partition coefficient (Wildman–Crippen LogP) is 3.88. The monoisotopic (exact) mass is 275 g/mol. The van der Waals surface area contributed by atoms with Gasteiger partial charge in [0.05, 0.1) is 10.6 Å². The lowest BCUT2D eigenvalue weighted by Gasteiger charge is -2.07. The fourth-order valence-electron chi connectivity index (χ4n) is 2.57. The number of nitrogens with two attached hydrogens (primary N) is 1. The lowest BCUT2D eigenvalue weighted by atomic mass is 9.96. The van der Waals surface area contributed by atoms with Gasteiger partial charge in [-0.25, -0.2) is 4.39 Å². The summed E-state index contributed by atoms with van der Waals surface area (Å²) in [5.74, 6) is -0.267. The van der Waals surface area contributed by atoms with Crippen LogP contribution < -0.4 is 5.73 Å². The van der Waals surface area contributed by atoms with E-state index in [2.05, 4.69) is 0 Å². The molecule has 98 valence electrons. The number of hydrogen-bond donors (Lipinski definition) is 1. The molecule has 0 fully saturated rings. The second-order valence-electron chi connectivity index (χ2n) is 5.14. The Morgan fingerprint density at radius 2 is 2.16 bits per heavy atom. The lowest BCUT2D eigenvalue weighted by molar-refractivity contribution is 0.0941. The number of nitrogen functional groups attached to an aromatic ring is 1. The number of anilines is 1. The van der Waals surface area contributed by atoms with Gasteiger partial charge in [-0.3, -0.25) is 4.79 Å². The van der Waals surface area contributed by atoms with Crippen LogP contribution in [0.3, 0.4) is 0 Å². The molecular weight excluding hydrogens is 261 g/mol. The van der Waals surface area contributed by atoms with Gasteiger partial charge in [-0.15, -0.1) is 11.3 Å². The molecule has 0 bridgehead atoms. The Morgan fingerprint density at radius 1 is 1.42 bits per heavy atom. The van der Waals surface area contributed by atoms with Crippen molar-refractivity contribution in [3.05, 3.63) is 40.0 Å². The maximum atomic E-state index is 13.3. The first-order valence-corrected chi connectivity index (χ1v) is 7.05. The molecule has 0 amide bonds. The Morgan fingerprint density at radius 3 is 2.84 bits per heavy atom. The van der Waals surface area contributed by atoms with Crippen LogP contribution in [0.1, 0.15) is 34.6 Å². The van der Waals surface area contributed by atoms with Crippen molar-refractivity contribution in [1.29, 1.82) is 0 Å². The van der Waals surface area contributed by atoms with Crippen molar-refractivity contribution >= 4 is 22.1 Å². The largest absolute Gasteiger partial charge is 0.390 e. The SMILES string of the molecule is CC(C)C(=O)c1c(N)sc2c1-c1ccc(F)cc1C2. The zero-order valence-electron chi connectivity index (χ0n) is 10.8. The van der Waals surface area contributed by atoms with Gasteiger partial charge in [0.25, 0.3) is 0 Å². The summed E-state index contributed by atoms with van der Waals surface area (Å²) in [6.45, 7) is 3.73. The molecule has 0 radical (unpaired) electrons. The highest BCUT2D eigenvalue weighted by molar-refractivity contribution is 7.17. The molecule has 0 aliphatic heterocycles. The number of ketones is 1. The number of rotatable bonds is 2. The molecule has 3 rings (SSSR count). The summed E-state index contributed by atoms with van der Waals surface area (Å²) in [5.41, 5.74) is 9.45. The highest BCUT2D eigenvalue weighted by Crippen LogP contribution is 2.47. The van der Waals surface area contributed by atoms with E-state index in [0.717, 1.165) is 21.6 Å². The molecule has 0 spiro atoms. The van der Waals surface area contributed by atoms with E-state index >= 15 is 0 Å². The summed E-state index contributed by atoms with van der Waals surface area (Å²) in [6.07, 6.45) is 0.669. The number of thiophene rings is 1. The first-order chi connectivity index (χ1) is 8.99. The van der Waals surface area contributed by atoms with Crippen molar-refractivity contribution in [3.63, 3.8) is 0 Å². The number of halogens is 1. The van der Waals surface area contributed by atoms with Crippen LogP contribution in [0.25, 0.3) is 11.1 Å². The van der Waals surface area contributed by atoms with Gasteiger partial charge < -0.3 is 5.73 Å². The highest BCUT2D eigenvalue weighted by Gasteiger charge is 2.30. The third-order valence-corrected chi connectivity index (χ3v) is 4.49. The van der Waals surface area contributed by atoms with Crippen molar-refractivity contribution in [2.75, 3.05) is 5.73 Å². The second kappa shape index (κ2) is 4.17. The Hall–Kier alpha value is -1.68. The molecule has 0 atom stereocenters. The normalized spacial score (nSPS) is 12.6. The predicted molar refractivity (Wildman–Crippen MR) is 76.1 cm³/mol. The molecule has 1 aromatic carbocycles. The summed E-state index contributed by atoms with van der Waals surface area (Å²) in [7, 11) is 0. The van der Waals surface area contributed by atoms with Gasteiger partial charge in [-0.2, -0.15) is 0 Å². The van der Waals surface area contributed by atoms with Crippen LogP contribution in [0.5, 0.6) is 0 Å². The minimum absolute atomic E-state index is 0.0622. The fourth-order valence-corrected chi connectivity index (χ4v) is 3.68.